The summed E-state index contributed by atoms with van der Waals surface area (Å²) in [6.45, 7) is 0.384. The second-order valence-corrected chi connectivity index (χ2v) is 9.55. The van der Waals surface area contributed by atoms with Gasteiger partial charge in [0.1, 0.15) is 23.4 Å². The maximum Gasteiger partial charge on any atom is 0.226 e. The van der Waals surface area contributed by atoms with Crippen molar-refractivity contribution in [3.63, 3.8) is 0 Å². The zero-order chi connectivity index (χ0) is 25.1. The van der Waals surface area contributed by atoms with Gasteiger partial charge in [0, 0.05) is 34.9 Å². The van der Waals surface area contributed by atoms with Gasteiger partial charge in [-0.3, -0.25) is 9.78 Å². The molecule has 6 nitrogen and oxygen atoms in total. The molecule has 0 aliphatic carbocycles. The lowest BCUT2D eigenvalue weighted by Crippen LogP contribution is -2.32. The molecule has 4 aromatic rings. The Kier molecular flexibility index (Phi) is 7.11. The predicted octanol–water partition coefficient (Wildman–Crippen LogP) is 6.24. The van der Waals surface area contributed by atoms with Crippen LogP contribution in [0.4, 0.5) is 10.1 Å². The third-order valence-corrected chi connectivity index (χ3v) is 6.96. The van der Waals surface area contributed by atoms with Crippen LogP contribution in [0.25, 0.3) is 11.3 Å². The molecule has 0 spiro atoms. The highest BCUT2D eigenvalue weighted by molar-refractivity contribution is 9.10. The van der Waals surface area contributed by atoms with Crippen molar-refractivity contribution in [3.8, 4) is 11.3 Å². The van der Waals surface area contributed by atoms with E-state index in [1.165, 1.54) is 12.1 Å². The molecule has 3 heterocycles. The highest BCUT2D eigenvalue weighted by Crippen LogP contribution is 2.41. The molecule has 2 atom stereocenters. The summed E-state index contributed by atoms with van der Waals surface area (Å²) in [7, 11) is 0. The van der Waals surface area contributed by atoms with E-state index in [1.807, 2.05) is 65.6 Å². The Morgan fingerprint density at radius 3 is 2.67 bits per heavy atom. The summed E-state index contributed by atoms with van der Waals surface area (Å²) in [5.74, 6) is 0.807. The molecule has 9 heteroatoms. The third-order valence-electron chi connectivity index (χ3n) is 5.95. The molecule has 1 aliphatic rings. The zero-order valence-corrected chi connectivity index (χ0v) is 21.4. The molecule has 2 unspecified atom stereocenters. The van der Waals surface area contributed by atoms with E-state index in [4.69, 9.17) is 16.6 Å². The van der Waals surface area contributed by atoms with Gasteiger partial charge in [-0.15, -0.1) is 0 Å². The smallest absolute Gasteiger partial charge is 0.226 e. The van der Waals surface area contributed by atoms with Crippen LogP contribution in [0.2, 0.25) is 0 Å². The van der Waals surface area contributed by atoms with E-state index in [9.17, 15) is 9.18 Å². The number of aromatic nitrogens is 1. The van der Waals surface area contributed by atoms with Gasteiger partial charge in [0.25, 0.3) is 0 Å². The van der Waals surface area contributed by atoms with Gasteiger partial charge in [0.15, 0.2) is 5.11 Å². The number of amides is 1. The Balaban J connectivity index is 1.42. The molecule has 0 bridgehead atoms. The molecular weight excluding hydrogens is 543 g/mol. The number of benzene rings is 2. The number of carbonyl (C=O) groups excluding carboxylic acids is 1. The number of rotatable bonds is 7. The van der Waals surface area contributed by atoms with Crippen molar-refractivity contribution in [3.05, 3.63) is 107 Å². The Labute approximate surface area is 221 Å². The topological polar surface area (TPSA) is 70.4 Å². The van der Waals surface area contributed by atoms with E-state index in [0.717, 1.165) is 16.9 Å². The van der Waals surface area contributed by atoms with Gasteiger partial charge in [0.2, 0.25) is 5.91 Å². The highest BCUT2D eigenvalue weighted by atomic mass is 79.9. The van der Waals surface area contributed by atoms with Gasteiger partial charge in [-0.1, -0.05) is 24.3 Å². The number of thiocarbonyl (C=S) groups is 1. The summed E-state index contributed by atoms with van der Waals surface area (Å²) in [6, 6.07) is 22.6. The maximum atomic E-state index is 13.6. The van der Waals surface area contributed by atoms with Crippen molar-refractivity contribution in [2.75, 3.05) is 11.9 Å². The Morgan fingerprint density at radius 2 is 1.92 bits per heavy atom. The largest absolute Gasteiger partial charge is 0.459 e. The van der Waals surface area contributed by atoms with Gasteiger partial charge in [-0.05, 0) is 82.7 Å². The molecule has 0 radical (unpaired) electrons. The lowest BCUT2D eigenvalue weighted by atomic mass is 10.0. The molecular formula is C27H22BrFN4O2S. The fourth-order valence-corrected chi connectivity index (χ4v) is 5.15. The van der Waals surface area contributed by atoms with Gasteiger partial charge in [-0.2, -0.15) is 0 Å². The molecule has 5 rings (SSSR count). The van der Waals surface area contributed by atoms with Crippen LogP contribution >= 0.6 is 28.1 Å². The van der Waals surface area contributed by atoms with Crippen molar-refractivity contribution >= 4 is 44.9 Å². The summed E-state index contributed by atoms with van der Waals surface area (Å²) in [6.07, 6.45) is 1.97. The first-order valence-electron chi connectivity index (χ1n) is 11.4. The van der Waals surface area contributed by atoms with E-state index in [-0.39, 0.29) is 30.2 Å². The number of nitrogens with zero attached hydrogens (tertiary/aromatic N) is 2. The second kappa shape index (κ2) is 10.6. The number of nitrogens with one attached hydrogen (secondary N) is 2. The maximum absolute atomic E-state index is 13.6. The number of furan rings is 1. The quantitative estimate of drug-likeness (QED) is 0.259. The fraction of sp³-hybridized carbons (Fsp3) is 0.148. The fourth-order valence-electron chi connectivity index (χ4n) is 4.27. The van der Waals surface area contributed by atoms with Crippen LogP contribution in [0.15, 0.2) is 93.9 Å². The van der Waals surface area contributed by atoms with Crippen LogP contribution < -0.4 is 10.6 Å². The molecule has 1 aliphatic heterocycles. The summed E-state index contributed by atoms with van der Waals surface area (Å²) < 4.78 is 20.5. The third kappa shape index (κ3) is 5.17. The minimum atomic E-state index is -0.335. The zero-order valence-electron chi connectivity index (χ0n) is 19.0. The van der Waals surface area contributed by atoms with Gasteiger partial charge in [-0.25, -0.2) is 4.39 Å². The van der Waals surface area contributed by atoms with Gasteiger partial charge >= 0.3 is 0 Å². The molecule has 182 valence electrons. The van der Waals surface area contributed by atoms with Crippen LogP contribution in [0.3, 0.4) is 0 Å². The number of hydrogen-bond acceptors (Lipinski definition) is 4. The first kappa shape index (κ1) is 24.1. The number of hydrogen-bond donors (Lipinski definition) is 2. The van der Waals surface area contributed by atoms with Crippen LogP contribution in [0, 0.1) is 5.82 Å². The number of halogens is 2. The lowest BCUT2D eigenvalue weighted by Gasteiger charge is -2.25. The van der Waals surface area contributed by atoms with E-state index in [1.54, 1.807) is 12.3 Å². The first-order chi connectivity index (χ1) is 17.5. The summed E-state index contributed by atoms with van der Waals surface area (Å²) in [5.41, 5.74) is 2.29. The van der Waals surface area contributed by atoms with Crippen molar-refractivity contribution < 1.29 is 13.6 Å². The molecule has 1 amide bonds. The standard InChI is InChI=1S/C27H22BrFN4O2S/c28-20-16-17(29)9-10-19(20)22-11-12-23(35-22)26-25(21-8-4-5-14-30-21)32-27(36)33(26)15-13-24(34)31-18-6-2-1-3-7-18/h1-12,14,16,25-26H,13,15H2,(H,31,34)(H,32,36). The van der Waals surface area contributed by atoms with Crippen molar-refractivity contribution in [1.29, 1.82) is 0 Å². The summed E-state index contributed by atoms with van der Waals surface area (Å²) in [4.78, 5) is 19.1. The number of para-hydroxylation sites is 1. The molecule has 36 heavy (non-hydrogen) atoms. The lowest BCUT2D eigenvalue weighted by molar-refractivity contribution is -0.116. The SMILES string of the molecule is O=C(CCN1C(=S)NC(c2ccccn2)C1c1ccc(-c2ccc(F)cc2Br)o1)Nc1ccccc1. The average Bonchev–Trinajstić information content (AvgIpc) is 3.48. The van der Waals surface area contributed by atoms with E-state index in [2.05, 4.69) is 31.5 Å². The number of pyridine rings is 1. The number of carbonyl (C=O) groups is 1. The highest BCUT2D eigenvalue weighted by Gasteiger charge is 2.41. The Hall–Kier alpha value is -3.56. The molecule has 2 aromatic carbocycles. The molecule has 2 aromatic heterocycles. The van der Waals surface area contributed by atoms with Crippen molar-refractivity contribution in [2.24, 2.45) is 0 Å². The van der Waals surface area contributed by atoms with Crippen LogP contribution in [-0.4, -0.2) is 27.4 Å². The second-order valence-electron chi connectivity index (χ2n) is 8.31. The van der Waals surface area contributed by atoms with E-state index in [0.29, 0.717) is 27.7 Å². The van der Waals surface area contributed by atoms with Crippen molar-refractivity contribution in [1.82, 2.24) is 15.2 Å². The monoisotopic (exact) mass is 564 g/mol. The van der Waals surface area contributed by atoms with Gasteiger partial charge in [0.05, 0.1) is 11.7 Å². The minimum absolute atomic E-state index is 0.112. The molecule has 1 saturated heterocycles. The Bertz CT molecular complexity index is 1380. The van der Waals surface area contributed by atoms with Crippen molar-refractivity contribution in [2.45, 2.75) is 18.5 Å². The van der Waals surface area contributed by atoms with Crippen LogP contribution in [-0.2, 0) is 4.79 Å². The Morgan fingerprint density at radius 1 is 1.11 bits per heavy atom. The normalized spacial score (nSPS) is 17.2. The molecule has 1 fully saturated rings. The summed E-state index contributed by atoms with van der Waals surface area (Å²) in [5, 5.41) is 6.79. The first-order valence-corrected chi connectivity index (χ1v) is 12.6. The predicted molar refractivity (Wildman–Crippen MR) is 144 cm³/mol. The minimum Gasteiger partial charge on any atom is -0.459 e. The molecule has 2 N–H and O–H groups in total. The van der Waals surface area contributed by atoms with E-state index >= 15 is 0 Å². The van der Waals surface area contributed by atoms with E-state index < -0.39 is 0 Å². The summed E-state index contributed by atoms with van der Waals surface area (Å²) >= 11 is 9.09. The molecule has 0 saturated carbocycles. The van der Waals surface area contributed by atoms with Gasteiger partial charge < -0.3 is 20.0 Å². The average molecular weight is 565 g/mol. The van der Waals surface area contributed by atoms with Crippen LogP contribution in [0.1, 0.15) is 30.0 Å². The van der Waals surface area contributed by atoms with Crippen LogP contribution in [0.5, 0.6) is 0 Å². The number of anilines is 1.